The van der Waals surface area contributed by atoms with Crippen LogP contribution in [-0.2, 0) is 11.3 Å². The van der Waals surface area contributed by atoms with Gasteiger partial charge >= 0.3 is 0 Å². The highest BCUT2D eigenvalue weighted by Crippen LogP contribution is 2.22. The Morgan fingerprint density at radius 1 is 1.40 bits per heavy atom. The molecule has 15 heavy (non-hydrogen) atoms. The van der Waals surface area contributed by atoms with Gasteiger partial charge in [-0.15, -0.1) is 0 Å². The lowest BCUT2D eigenvalue weighted by molar-refractivity contribution is -0.125. The summed E-state index contributed by atoms with van der Waals surface area (Å²) in [6.07, 6.45) is 0. The first kappa shape index (κ1) is 10.7. The highest BCUT2D eigenvalue weighted by atomic mass is 79.9. The first-order chi connectivity index (χ1) is 7.16. The molecule has 1 saturated heterocycles. The van der Waals surface area contributed by atoms with Crippen molar-refractivity contribution in [3.8, 4) is 0 Å². The number of imide groups is 1. The SMILES string of the molecule is O=C1CSC(=O)N1Cc1cccc(Br)c1. The Kier molecular flexibility index (Phi) is 3.11. The van der Waals surface area contributed by atoms with Crippen molar-refractivity contribution in [3.05, 3.63) is 34.3 Å². The van der Waals surface area contributed by atoms with Gasteiger partial charge in [0.25, 0.3) is 5.24 Å². The summed E-state index contributed by atoms with van der Waals surface area (Å²) < 4.78 is 0.951. The van der Waals surface area contributed by atoms with E-state index in [9.17, 15) is 9.59 Å². The quantitative estimate of drug-likeness (QED) is 0.838. The Labute approximate surface area is 100.0 Å². The van der Waals surface area contributed by atoms with Crippen molar-refractivity contribution in [1.29, 1.82) is 0 Å². The average Bonchev–Trinajstić information content (AvgIpc) is 2.50. The van der Waals surface area contributed by atoms with E-state index >= 15 is 0 Å². The summed E-state index contributed by atoms with van der Waals surface area (Å²) in [5.41, 5.74) is 0.952. The largest absolute Gasteiger partial charge is 0.289 e. The molecule has 5 heteroatoms. The van der Waals surface area contributed by atoms with E-state index in [1.165, 1.54) is 4.90 Å². The van der Waals surface area contributed by atoms with Gasteiger partial charge in [0.2, 0.25) is 5.91 Å². The molecule has 0 aliphatic carbocycles. The molecule has 0 atom stereocenters. The van der Waals surface area contributed by atoms with Gasteiger partial charge in [-0.05, 0) is 17.7 Å². The summed E-state index contributed by atoms with van der Waals surface area (Å²) in [5.74, 6) is 0.164. The van der Waals surface area contributed by atoms with Crippen molar-refractivity contribution >= 4 is 38.8 Å². The van der Waals surface area contributed by atoms with Crippen molar-refractivity contribution in [2.45, 2.75) is 6.54 Å². The van der Waals surface area contributed by atoms with Crippen LogP contribution in [-0.4, -0.2) is 21.8 Å². The Hall–Kier alpha value is -0.810. The van der Waals surface area contributed by atoms with Crippen molar-refractivity contribution < 1.29 is 9.59 Å². The lowest BCUT2D eigenvalue weighted by Gasteiger charge is -2.12. The Morgan fingerprint density at radius 3 is 2.80 bits per heavy atom. The highest BCUT2D eigenvalue weighted by Gasteiger charge is 2.29. The maximum Gasteiger partial charge on any atom is 0.289 e. The molecule has 2 amide bonds. The predicted molar refractivity (Wildman–Crippen MR) is 62.5 cm³/mol. The summed E-state index contributed by atoms with van der Waals surface area (Å²) in [7, 11) is 0. The number of carbonyl (C=O) groups excluding carboxylic acids is 2. The third-order valence-electron chi connectivity index (χ3n) is 2.07. The fraction of sp³-hybridized carbons (Fsp3) is 0.200. The van der Waals surface area contributed by atoms with Crippen LogP contribution in [0.4, 0.5) is 4.79 Å². The van der Waals surface area contributed by atoms with Crippen LogP contribution in [0.5, 0.6) is 0 Å². The zero-order valence-corrected chi connectivity index (χ0v) is 10.2. The van der Waals surface area contributed by atoms with Crippen molar-refractivity contribution in [2.75, 3.05) is 5.75 Å². The molecule has 1 aliphatic heterocycles. The number of carbonyl (C=O) groups is 2. The van der Waals surface area contributed by atoms with Gasteiger partial charge in [0.15, 0.2) is 0 Å². The van der Waals surface area contributed by atoms with E-state index in [0.29, 0.717) is 6.54 Å². The van der Waals surface area contributed by atoms with E-state index in [4.69, 9.17) is 0 Å². The van der Waals surface area contributed by atoms with Crippen LogP contribution < -0.4 is 0 Å². The second kappa shape index (κ2) is 4.37. The topological polar surface area (TPSA) is 37.4 Å². The van der Waals surface area contributed by atoms with Crippen molar-refractivity contribution in [2.24, 2.45) is 0 Å². The molecular weight excluding hydrogens is 278 g/mol. The van der Waals surface area contributed by atoms with Gasteiger partial charge in [0.05, 0.1) is 12.3 Å². The molecule has 2 rings (SSSR count). The van der Waals surface area contributed by atoms with Gasteiger partial charge in [-0.2, -0.15) is 0 Å². The second-order valence-electron chi connectivity index (χ2n) is 3.16. The molecule has 3 nitrogen and oxygen atoms in total. The minimum absolute atomic E-state index is 0.107. The molecule has 1 aliphatic rings. The van der Waals surface area contributed by atoms with Crippen LogP contribution in [0.25, 0.3) is 0 Å². The van der Waals surface area contributed by atoms with Gasteiger partial charge in [0.1, 0.15) is 0 Å². The van der Waals surface area contributed by atoms with E-state index in [1.807, 2.05) is 24.3 Å². The minimum Gasteiger partial charge on any atom is -0.273 e. The van der Waals surface area contributed by atoms with Crippen LogP contribution in [0.1, 0.15) is 5.56 Å². The zero-order valence-electron chi connectivity index (χ0n) is 7.77. The Balaban J connectivity index is 2.15. The normalized spacial score (nSPS) is 16.2. The molecule has 0 bridgehead atoms. The number of halogens is 1. The van der Waals surface area contributed by atoms with E-state index in [1.54, 1.807) is 0 Å². The summed E-state index contributed by atoms with van der Waals surface area (Å²) in [5, 5.41) is -0.153. The molecule has 0 radical (unpaired) electrons. The number of amides is 2. The number of hydrogen-bond acceptors (Lipinski definition) is 3. The molecule has 0 unspecified atom stereocenters. The summed E-state index contributed by atoms with van der Waals surface area (Å²) in [6, 6.07) is 7.60. The Morgan fingerprint density at radius 2 is 2.20 bits per heavy atom. The third-order valence-corrected chi connectivity index (χ3v) is 3.42. The minimum atomic E-state index is -0.153. The zero-order chi connectivity index (χ0) is 10.8. The van der Waals surface area contributed by atoms with E-state index in [0.717, 1.165) is 21.8 Å². The fourth-order valence-corrected chi connectivity index (χ4v) is 2.52. The molecular formula is C10H8BrNO2S. The number of rotatable bonds is 2. The van der Waals surface area contributed by atoms with Gasteiger partial charge < -0.3 is 0 Å². The van der Waals surface area contributed by atoms with Gasteiger partial charge in [-0.25, -0.2) is 0 Å². The Bertz CT molecular complexity index is 406. The highest BCUT2D eigenvalue weighted by molar-refractivity contribution is 9.10. The maximum atomic E-state index is 11.3. The molecule has 0 N–H and O–H groups in total. The van der Waals surface area contributed by atoms with Crippen LogP contribution in [0, 0.1) is 0 Å². The summed E-state index contributed by atoms with van der Waals surface area (Å²) in [6.45, 7) is 0.365. The number of benzene rings is 1. The van der Waals surface area contributed by atoms with E-state index in [-0.39, 0.29) is 16.9 Å². The van der Waals surface area contributed by atoms with Crippen LogP contribution in [0.15, 0.2) is 28.7 Å². The van der Waals surface area contributed by atoms with Crippen LogP contribution in [0.3, 0.4) is 0 Å². The van der Waals surface area contributed by atoms with Crippen LogP contribution >= 0.6 is 27.7 Å². The van der Waals surface area contributed by atoms with Gasteiger partial charge in [0, 0.05) is 4.47 Å². The first-order valence-corrected chi connectivity index (χ1v) is 6.16. The standard InChI is InChI=1S/C10H8BrNO2S/c11-8-3-1-2-7(4-8)5-12-9(13)6-15-10(12)14/h1-4H,5-6H2. The number of nitrogens with zero attached hydrogens (tertiary/aromatic N) is 1. The molecule has 1 fully saturated rings. The molecule has 0 spiro atoms. The monoisotopic (exact) mass is 285 g/mol. The van der Waals surface area contributed by atoms with Gasteiger partial charge in [-0.1, -0.05) is 39.8 Å². The second-order valence-corrected chi connectivity index (χ2v) is 5.01. The lowest BCUT2D eigenvalue weighted by atomic mass is 10.2. The molecule has 0 saturated carbocycles. The maximum absolute atomic E-state index is 11.3. The predicted octanol–water partition coefficient (Wildman–Crippen LogP) is 2.64. The lowest BCUT2D eigenvalue weighted by Crippen LogP contribution is -2.27. The molecule has 78 valence electrons. The van der Waals surface area contributed by atoms with Crippen LogP contribution in [0.2, 0.25) is 0 Å². The van der Waals surface area contributed by atoms with Crippen molar-refractivity contribution in [3.63, 3.8) is 0 Å². The van der Waals surface area contributed by atoms with Gasteiger partial charge in [-0.3, -0.25) is 14.5 Å². The first-order valence-electron chi connectivity index (χ1n) is 4.38. The molecule has 1 aromatic rings. The summed E-state index contributed by atoms with van der Waals surface area (Å²) in [4.78, 5) is 24.0. The van der Waals surface area contributed by atoms with E-state index < -0.39 is 0 Å². The number of hydrogen-bond donors (Lipinski definition) is 0. The fourth-order valence-electron chi connectivity index (χ4n) is 1.35. The average molecular weight is 286 g/mol. The third kappa shape index (κ3) is 2.41. The molecule has 1 aromatic carbocycles. The smallest absolute Gasteiger partial charge is 0.273 e. The van der Waals surface area contributed by atoms with Crippen molar-refractivity contribution in [1.82, 2.24) is 4.90 Å². The molecule has 1 heterocycles. The number of thioether (sulfide) groups is 1. The summed E-state index contributed by atoms with van der Waals surface area (Å²) >= 11 is 4.41. The molecule has 0 aromatic heterocycles. The van der Waals surface area contributed by atoms with E-state index in [2.05, 4.69) is 15.9 Å².